The van der Waals surface area contributed by atoms with Crippen molar-refractivity contribution in [2.24, 2.45) is 0 Å². The zero-order chi connectivity index (χ0) is 21.8. The van der Waals surface area contributed by atoms with E-state index in [0.717, 1.165) is 31.2 Å². The van der Waals surface area contributed by atoms with Gasteiger partial charge in [-0.1, -0.05) is 97.9 Å². The Bertz CT molecular complexity index is 896. The molecule has 3 nitrogen and oxygen atoms in total. The van der Waals surface area contributed by atoms with E-state index in [1.165, 1.54) is 11.1 Å². The van der Waals surface area contributed by atoms with Crippen LogP contribution in [-0.2, 0) is 28.0 Å². The minimum absolute atomic E-state index is 0.0472. The fourth-order valence-corrected chi connectivity index (χ4v) is 3.90. The van der Waals surface area contributed by atoms with Crippen molar-refractivity contribution in [1.82, 2.24) is 5.32 Å². The Hall–Kier alpha value is -2.91. The SMILES string of the molecule is CCC(OCCCc1ccccc1)(C(=O)NCCCc1ccccc1)c1ccccc1. The zero-order valence-electron chi connectivity index (χ0n) is 18.4. The lowest BCUT2D eigenvalue weighted by Gasteiger charge is -2.32. The highest BCUT2D eigenvalue weighted by molar-refractivity contribution is 5.86. The van der Waals surface area contributed by atoms with E-state index < -0.39 is 5.60 Å². The van der Waals surface area contributed by atoms with Crippen LogP contribution in [0.25, 0.3) is 0 Å². The molecule has 0 fully saturated rings. The first-order chi connectivity index (χ1) is 15.2. The number of ether oxygens (including phenoxy) is 1. The van der Waals surface area contributed by atoms with E-state index in [4.69, 9.17) is 4.74 Å². The monoisotopic (exact) mass is 415 g/mol. The fraction of sp³-hybridized carbons (Fsp3) is 0.321. The van der Waals surface area contributed by atoms with Crippen molar-refractivity contribution in [3.8, 4) is 0 Å². The van der Waals surface area contributed by atoms with Crippen LogP contribution in [0.5, 0.6) is 0 Å². The van der Waals surface area contributed by atoms with E-state index in [0.29, 0.717) is 19.6 Å². The number of hydrogen-bond donors (Lipinski definition) is 1. The third-order valence-electron chi connectivity index (χ3n) is 5.68. The second-order valence-electron chi connectivity index (χ2n) is 7.83. The van der Waals surface area contributed by atoms with E-state index in [1.54, 1.807) is 0 Å². The van der Waals surface area contributed by atoms with Gasteiger partial charge in [0, 0.05) is 13.2 Å². The molecule has 0 heterocycles. The molecule has 0 aliphatic carbocycles. The number of amides is 1. The van der Waals surface area contributed by atoms with Crippen LogP contribution in [-0.4, -0.2) is 19.1 Å². The smallest absolute Gasteiger partial charge is 0.256 e. The standard InChI is InChI=1S/C28H33NO2/c1-2-28(26-20-10-5-11-21-26,31-23-13-19-25-16-8-4-9-17-25)27(30)29-22-12-18-24-14-6-3-7-15-24/h3-11,14-17,20-21H,2,12-13,18-19,22-23H2,1H3,(H,29,30). The maximum absolute atomic E-state index is 13.3. The number of carbonyl (C=O) groups excluding carboxylic acids is 1. The molecular weight excluding hydrogens is 382 g/mol. The van der Waals surface area contributed by atoms with Gasteiger partial charge in [-0.25, -0.2) is 0 Å². The lowest BCUT2D eigenvalue weighted by Crippen LogP contribution is -2.46. The van der Waals surface area contributed by atoms with Crippen LogP contribution in [0.4, 0.5) is 0 Å². The molecule has 3 heteroatoms. The highest BCUT2D eigenvalue weighted by Crippen LogP contribution is 2.30. The highest BCUT2D eigenvalue weighted by Gasteiger charge is 2.39. The van der Waals surface area contributed by atoms with Crippen LogP contribution in [0, 0.1) is 0 Å². The Labute approximate surface area is 186 Å². The van der Waals surface area contributed by atoms with Crippen LogP contribution < -0.4 is 5.32 Å². The van der Waals surface area contributed by atoms with Crippen LogP contribution in [0.15, 0.2) is 91.0 Å². The Morgan fingerprint density at radius 2 is 1.29 bits per heavy atom. The molecule has 0 aliphatic heterocycles. The largest absolute Gasteiger partial charge is 0.360 e. The van der Waals surface area contributed by atoms with Crippen molar-refractivity contribution in [3.63, 3.8) is 0 Å². The van der Waals surface area contributed by atoms with E-state index in [-0.39, 0.29) is 5.91 Å². The molecule has 31 heavy (non-hydrogen) atoms. The molecule has 162 valence electrons. The molecule has 3 aromatic rings. The molecule has 0 saturated carbocycles. The molecular formula is C28H33NO2. The van der Waals surface area contributed by atoms with Crippen LogP contribution in [0.2, 0.25) is 0 Å². The van der Waals surface area contributed by atoms with E-state index >= 15 is 0 Å². The molecule has 1 atom stereocenters. The molecule has 3 rings (SSSR count). The number of carbonyl (C=O) groups is 1. The summed E-state index contributed by atoms with van der Waals surface area (Å²) in [6, 6.07) is 30.7. The van der Waals surface area contributed by atoms with Gasteiger partial charge in [-0.3, -0.25) is 4.79 Å². The predicted molar refractivity (Wildman–Crippen MR) is 127 cm³/mol. The molecule has 0 spiro atoms. The van der Waals surface area contributed by atoms with E-state index in [9.17, 15) is 4.79 Å². The minimum atomic E-state index is -0.954. The maximum Gasteiger partial charge on any atom is 0.256 e. The molecule has 0 saturated heterocycles. The zero-order valence-corrected chi connectivity index (χ0v) is 18.4. The van der Waals surface area contributed by atoms with Crippen molar-refractivity contribution in [2.45, 2.75) is 44.6 Å². The van der Waals surface area contributed by atoms with Crippen LogP contribution in [0.3, 0.4) is 0 Å². The van der Waals surface area contributed by atoms with E-state index in [1.807, 2.05) is 49.4 Å². The van der Waals surface area contributed by atoms with Crippen LogP contribution in [0.1, 0.15) is 42.9 Å². The molecule has 0 aliphatic rings. The van der Waals surface area contributed by atoms with Gasteiger partial charge in [-0.2, -0.15) is 0 Å². The number of aryl methyl sites for hydroxylation is 2. The molecule has 3 aromatic carbocycles. The second kappa shape index (κ2) is 12.1. The molecule has 0 bridgehead atoms. The lowest BCUT2D eigenvalue weighted by molar-refractivity contribution is -0.150. The van der Waals surface area contributed by atoms with Gasteiger partial charge in [0.1, 0.15) is 0 Å². The Morgan fingerprint density at radius 1 is 0.774 bits per heavy atom. The summed E-state index contributed by atoms with van der Waals surface area (Å²) in [5, 5.41) is 3.14. The van der Waals surface area contributed by atoms with Crippen molar-refractivity contribution in [3.05, 3.63) is 108 Å². The lowest BCUT2D eigenvalue weighted by atomic mass is 9.89. The third kappa shape index (κ3) is 6.53. The van der Waals surface area contributed by atoms with Gasteiger partial charge in [0.25, 0.3) is 5.91 Å². The molecule has 0 radical (unpaired) electrons. The molecule has 0 aromatic heterocycles. The van der Waals surface area contributed by atoms with Crippen molar-refractivity contribution in [1.29, 1.82) is 0 Å². The van der Waals surface area contributed by atoms with Gasteiger partial charge in [-0.15, -0.1) is 0 Å². The van der Waals surface area contributed by atoms with Crippen molar-refractivity contribution in [2.75, 3.05) is 13.2 Å². The van der Waals surface area contributed by atoms with Gasteiger partial charge in [0.2, 0.25) is 0 Å². The van der Waals surface area contributed by atoms with Crippen molar-refractivity contribution < 1.29 is 9.53 Å². The number of rotatable bonds is 12. The average molecular weight is 416 g/mol. The van der Waals surface area contributed by atoms with Gasteiger partial charge in [-0.05, 0) is 48.8 Å². The number of hydrogen-bond acceptors (Lipinski definition) is 2. The average Bonchev–Trinajstić information content (AvgIpc) is 2.84. The number of nitrogens with one attached hydrogen (secondary N) is 1. The first kappa shape index (κ1) is 22.8. The normalized spacial score (nSPS) is 12.8. The quantitative estimate of drug-likeness (QED) is 0.386. The third-order valence-corrected chi connectivity index (χ3v) is 5.68. The maximum atomic E-state index is 13.3. The molecule has 1 unspecified atom stereocenters. The Morgan fingerprint density at radius 3 is 1.84 bits per heavy atom. The van der Waals surface area contributed by atoms with Crippen molar-refractivity contribution >= 4 is 5.91 Å². The summed E-state index contributed by atoms with van der Waals surface area (Å²) in [7, 11) is 0. The van der Waals surface area contributed by atoms with E-state index in [2.05, 4.69) is 53.8 Å². The second-order valence-corrected chi connectivity index (χ2v) is 7.83. The summed E-state index contributed by atoms with van der Waals surface area (Å²) in [6.07, 6.45) is 4.25. The first-order valence-electron chi connectivity index (χ1n) is 11.3. The topological polar surface area (TPSA) is 38.3 Å². The highest BCUT2D eigenvalue weighted by atomic mass is 16.5. The summed E-state index contributed by atoms with van der Waals surface area (Å²) in [5.74, 6) is -0.0472. The van der Waals surface area contributed by atoms with Crippen LogP contribution >= 0.6 is 0 Å². The Kier molecular flexibility index (Phi) is 8.86. The summed E-state index contributed by atoms with van der Waals surface area (Å²) in [5.41, 5.74) is 2.54. The molecule has 1 amide bonds. The molecule has 1 N–H and O–H groups in total. The van der Waals surface area contributed by atoms with Gasteiger partial charge in [0.15, 0.2) is 5.60 Å². The summed E-state index contributed by atoms with van der Waals surface area (Å²) < 4.78 is 6.35. The summed E-state index contributed by atoms with van der Waals surface area (Å²) in [4.78, 5) is 13.3. The minimum Gasteiger partial charge on any atom is -0.360 e. The predicted octanol–water partition coefficient (Wildman–Crippen LogP) is 5.69. The van der Waals surface area contributed by atoms with Gasteiger partial charge < -0.3 is 10.1 Å². The first-order valence-corrected chi connectivity index (χ1v) is 11.3. The fourth-order valence-electron chi connectivity index (χ4n) is 3.90. The number of benzene rings is 3. The van der Waals surface area contributed by atoms with Gasteiger partial charge >= 0.3 is 0 Å². The summed E-state index contributed by atoms with van der Waals surface area (Å²) >= 11 is 0. The summed E-state index contributed by atoms with van der Waals surface area (Å²) in [6.45, 7) is 3.19. The van der Waals surface area contributed by atoms with Gasteiger partial charge in [0.05, 0.1) is 0 Å². The Balaban J connectivity index is 1.60.